The Labute approximate surface area is 95.7 Å². The van der Waals surface area contributed by atoms with Crippen LogP contribution < -0.4 is 5.32 Å². The van der Waals surface area contributed by atoms with Crippen molar-refractivity contribution in [3.05, 3.63) is 11.8 Å². The van der Waals surface area contributed by atoms with E-state index in [4.69, 9.17) is 4.74 Å². The highest BCUT2D eigenvalue weighted by molar-refractivity contribution is 5.18. The molecule has 1 fully saturated rings. The van der Waals surface area contributed by atoms with Crippen LogP contribution >= 0.6 is 0 Å². The Morgan fingerprint density at radius 1 is 1.62 bits per heavy atom. The molecular weight excluding hydrogens is 208 g/mol. The van der Waals surface area contributed by atoms with E-state index >= 15 is 0 Å². The molecule has 0 aliphatic carbocycles. The first-order valence-electron chi connectivity index (χ1n) is 5.77. The summed E-state index contributed by atoms with van der Waals surface area (Å²) in [5, 5.41) is 22.5. The monoisotopic (exact) mass is 228 g/mol. The van der Waals surface area contributed by atoms with Crippen molar-refractivity contribution < 1.29 is 14.9 Å². The smallest absolute Gasteiger partial charge is 0.171 e. The van der Waals surface area contributed by atoms with Crippen molar-refractivity contribution in [3.8, 4) is 0 Å². The van der Waals surface area contributed by atoms with Crippen molar-refractivity contribution in [2.45, 2.75) is 31.9 Å². The molecule has 0 aromatic rings. The lowest BCUT2D eigenvalue weighted by atomic mass is 10.1. The highest BCUT2D eigenvalue weighted by Crippen LogP contribution is 2.27. The van der Waals surface area contributed by atoms with Gasteiger partial charge in [0.2, 0.25) is 0 Å². The molecule has 0 amide bonds. The van der Waals surface area contributed by atoms with Crippen LogP contribution in [0, 0.1) is 5.92 Å². The summed E-state index contributed by atoms with van der Waals surface area (Å²) in [6.45, 7) is 3.74. The first-order chi connectivity index (χ1) is 7.65. The molecule has 4 atom stereocenters. The van der Waals surface area contributed by atoms with Crippen LogP contribution in [0.2, 0.25) is 0 Å². The van der Waals surface area contributed by atoms with E-state index in [0.29, 0.717) is 12.5 Å². The SMILES string of the molecule is CCC1C=C2C(O)NC(C(O)OC)CN2C1. The van der Waals surface area contributed by atoms with Crippen LogP contribution in [-0.2, 0) is 4.74 Å². The van der Waals surface area contributed by atoms with E-state index in [9.17, 15) is 10.2 Å². The number of aliphatic hydroxyl groups excluding tert-OH is 2. The molecule has 2 aliphatic heterocycles. The maximum Gasteiger partial charge on any atom is 0.171 e. The second-order valence-corrected chi connectivity index (χ2v) is 4.47. The third-order valence-corrected chi connectivity index (χ3v) is 3.41. The Morgan fingerprint density at radius 3 is 3.00 bits per heavy atom. The number of nitrogens with one attached hydrogen (secondary N) is 1. The summed E-state index contributed by atoms with van der Waals surface area (Å²) in [7, 11) is 1.46. The summed E-state index contributed by atoms with van der Waals surface area (Å²) < 4.78 is 4.88. The number of hydrogen-bond donors (Lipinski definition) is 3. The molecule has 2 heterocycles. The zero-order valence-corrected chi connectivity index (χ0v) is 9.76. The van der Waals surface area contributed by atoms with Gasteiger partial charge in [-0.15, -0.1) is 0 Å². The zero-order valence-electron chi connectivity index (χ0n) is 9.76. The lowest BCUT2D eigenvalue weighted by Crippen LogP contribution is -2.58. The van der Waals surface area contributed by atoms with Gasteiger partial charge in [-0.3, -0.25) is 5.32 Å². The quantitative estimate of drug-likeness (QED) is 0.567. The lowest BCUT2D eigenvalue weighted by molar-refractivity contribution is -0.116. The number of methoxy groups -OCH3 is 1. The van der Waals surface area contributed by atoms with Gasteiger partial charge in [-0.1, -0.05) is 13.0 Å². The molecule has 2 rings (SSSR count). The predicted octanol–water partition coefficient (Wildman–Crippen LogP) is -0.533. The maximum absolute atomic E-state index is 9.92. The molecule has 0 saturated carbocycles. The first kappa shape index (κ1) is 11.9. The highest BCUT2D eigenvalue weighted by Gasteiger charge is 2.36. The Hall–Kier alpha value is -0.620. The number of nitrogens with zero attached hydrogens (tertiary/aromatic N) is 1. The van der Waals surface area contributed by atoms with E-state index in [1.54, 1.807) is 0 Å². The Bertz CT molecular complexity index is 282. The number of piperazine rings is 1. The first-order valence-corrected chi connectivity index (χ1v) is 5.77. The van der Waals surface area contributed by atoms with Crippen molar-refractivity contribution in [1.82, 2.24) is 10.2 Å². The van der Waals surface area contributed by atoms with Crippen molar-refractivity contribution in [2.24, 2.45) is 5.92 Å². The van der Waals surface area contributed by atoms with Gasteiger partial charge in [0.1, 0.15) is 6.23 Å². The van der Waals surface area contributed by atoms with Gasteiger partial charge >= 0.3 is 0 Å². The van der Waals surface area contributed by atoms with Gasteiger partial charge < -0.3 is 19.8 Å². The van der Waals surface area contributed by atoms with E-state index in [1.165, 1.54) is 7.11 Å². The molecule has 5 heteroatoms. The average Bonchev–Trinajstić information content (AvgIpc) is 2.71. The third kappa shape index (κ3) is 2.08. The molecule has 5 nitrogen and oxygen atoms in total. The fourth-order valence-corrected chi connectivity index (χ4v) is 2.39. The number of rotatable bonds is 3. The molecule has 4 unspecified atom stereocenters. The van der Waals surface area contributed by atoms with Crippen LogP contribution in [0.1, 0.15) is 13.3 Å². The molecule has 0 spiro atoms. The van der Waals surface area contributed by atoms with E-state index < -0.39 is 12.5 Å². The summed E-state index contributed by atoms with van der Waals surface area (Å²) in [6.07, 6.45) is 1.62. The molecule has 1 saturated heterocycles. The van der Waals surface area contributed by atoms with Gasteiger partial charge in [-0.05, 0) is 12.3 Å². The topological polar surface area (TPSA) is 65.0 Å². The van der Waals surface area contributed by atoms with Crippen LogP contribution in [0.3, 0.4) is 0 Å². The second-order valence-electron chi connectivity index (χ2n) is 4.47. The van der Waals surface area contributed by atoms with Crippen molar-refractivity contribution in [1.29, 1.82) is 0 Å². The van der Waals surface area contributed by atoms with Crippen LogP contribution in [0.5, 0.6) is 0 Å². The van der Waals surface area contributed by atoms with Crippen LogP contribution in [-0.4, -0.2) is 53.9 Å². The highest BCUT2D eigenvalue weighted by atomic mass is 16.6. The fraction of sp³-hybridized carbons (Fsp3) is 0.818. The summed E-state index contributed by atoms with van der Waals surface area (Å²) >= 11 is 0. The largest absolute Gasteiger partial charge is 0.373 e. The zero-order chi connectivity index (χ0) is 11.7. The molecular formula is C11H20N2O3. The van der Waals surface area contributed by atoms with Crippen molar-refractivity contribution in [2.75, 3.05) is 20.2 Å². The van der Waals surface area contributed by atoms with E-state index in [0.717, 1.165) is 18.7 Å². The molecule has 0 aromatic heterocycles. The molecule has 16 heavy (non-hydrogen) atoms. The molecule has 2 aliphatic rings. The fourth-order valence-electron chi connectivity index (χ4n) is 2.39. The van der Waals surface area contributed by atoms with Crippen LogP contribution in [0.4, 0.5) is 0 Å². The van der Waals surface area contributed by atoms with Gasteiger partial charge in [-0.2, -0.15) is 0 Å². The van der Waals surface area contributed by atoms with Gasteiger partial charge in [0.15, 0.2) is 6.29 Å². The molecule has 0 bridgehead atoms. The Morgan fingerprint density at radius 2 is 2.38 bits per heavy atom. The molecule has 0 aromatic carbocycles. The maximum atomic E-state index is 9.92. The van der Waals surface area contributed by atoms with Gasteiger partial charge in [0.05, 0.1) is 11.7 Å². The van der Waals surface area contributed by atoms with Crippen molar-refractivity contribution >= 4 is 0 Å². The minimum absolute atomic E-state index is 0.243. The molecule has 0 radical (unpaired) electrons. The summed E-state index contributed by atoms with van der Waals surface area (Å²) in [5.74, 6) is 0.505. The van der Waals surface area contributed by atoms with Gasteiger partial charge in [0.25, 0.3) is 0 Å². The predicted molar refractivity (Wildman–Crippen MR) is 59.4 cm³/mol. The number of fused-ring (bicyclic) bond motifs is 1. The molecule has 3 N–H and O–H groups in total. The number of aliphatic hydroxyl groups is 2. The van der Waals surface area contributed by atoms with Gasteiger partial charge in [-0.25, -0.2) is 0 Å². The normalized spacial score (nSPS) is 35.9. The Balaban J connectivity index is 2.05. The summed E-state index contributed by atoms with van der Waals surface area (Å²) in [4.78, 5) is 2.13. The number of ether oxygens (including phenoxy) is 1. The minimum Gasteiger partial charge on any atom is -0.373 e. The average molecular weight is 228 g/mol. The second kappa shape index (κ2) is 4.71. The minimum atomic E-state index is -0.878. The van der Waals surface area contributed by atoms with E-state index in [1.807, 2.05) is 0 Å². The lowest BCUT2D eigenvalue weighted by Gasteiger charge is -2.39. The van der Waals surface area contributed by atoms with Crippen molar-refractivity contribution in [3.63, 3.8) is 0 Å². The van der Waals surface area contributed by atoms with E-state index in [2.05, 4.69) is 23.2 Å². The standard InChI is InChI=1S/C11H20N2O3/c1-3-7-4-9-10(14)12-8(11(15)16-2)6-13(9)5-7/h4,7-8,10-12,14-15H,3,5-6H2,1-2H3. The number of hydrogen-bond acceptors (Lipinski definition) is 5. The Kier molecular flexibility index (Phi) is 3.49. The summed E-state index contributed by atoms with van der Waals surface area (Å²) in [5.41, 5.74) is 0.936. The van der Waals surface area contributed by atoms with Crippen LogP contribution in [0.25, 0.3) is 0 Å². The van der Waals surface area contributed by atoms with E-state index in [-0.39, 0.29) is 6.04 Å². The van der Waals surface area contributed by atoms with Crippen LogP contribution in [0.15, 0.2) is 11.8 Å². The van der Waals surface area contributed by atoms with Gasteiger partial charge in [0, 0.05) is 20.2 Å². The summed E-state index contributed by atoms with van der Waals surface area (Å²) in [6, 6.07) is -0.243. The molecule has 92 valence electrons. The third-order valence-electron chi connectivity index (χ3n) is 3.41.